The molecule has 7 nitrogen and oxygen atoms in total. The molecule has 2 heterocycles. The predicted molar refractivity (Wildman–Crippen MR) is 96.5 cm³/mol. The number of carbonyl (C=O) groups is 3. The van der Waals surface area contributed by atoms with Crippen LogP contribution in [0.3, 0.4) is 0 Å². The third-order valence-corrected chi connectivity index (χ3v) is 5.88. The maximum Gasteiger partial charge on any atom is 0.325 e. The Morgan fingerprint density at radius 3 is 2.78 bits per heavy atom. The van der Waals surface area contributed by atoms with Crippen molar-refractivity contribution in [2.45, 2.75) is 57.2 Å². The van der Waals surface area contributed by atoms with Crippen LogP contribution in [0.2, 0.25) is 0 Å². The summed E-state index contributed by atoms with van der Waals surface area (Å²) in [5, 5.41) is 8.48. The Labute approximate surface area is 156 Å². The van der Waals surface area contributed by atoms with Crippen molar-refractivity contribution >= 4 is 23.5 Å². The van der Waals surface area contributed by atoms with Gasteiger partial charge in [0.2, 0.25) is 5.91 Å². The summed E-state index contributed by atoms with van der Waals surface area (Å²) in [7, 11) is 0. The van der Waals surface area contributed by atoms with E-state index in [4.69, 9.17) is 0 Å². The van der Waals surface area contributed by atoms with Gasteiger partial charge in [-0.2, -0.15) is 0 Å². The number of benzene rings is 1. The largest absolute Gasteiger partial charge is 0.325 e. The Bertz CT molecular complexity index is 819. The summed E-state index contributed by atoms with van der Waals surface area (Å²) in [5.41, 5.74) is 0.687. The number of hydrogen-bond acceptors (Lipinski definition) is 4. The SMILES string of the molecule is CC(C(=O)Nc1ccc2c(c1F)CCNC2)N1C(=O)NC2(CCCC2)C1=O. The average molecular weight is 374 g/mol. The first-order chi connectivity index (χ1) is 12.9. The lowest BCUT2D eigenvalue weighted by atomic mass is 9.97. The average Bonchev–Trinajstić information content (AvgIpc) is 3.22. The zero-order valence-corrected chi connectivity index (χ0v) is 15.2. The van der Waals surface area contributed by atoms with Gasteiger partial charge in [-0.25, -0.2) is 14.1 Å². The number of carbonyl (C=O) groups excluding carboxylic acids is 3. The van der Waals surface area contributed by atoms with Gasteiger partial charge in [-0.1, -0.05) is 18.9 Å². The van der Waals surface area contributed by atoms with Crippen LogP contribution in [0.15, 0.2) is 12.1 Å². The maximum absolute atomic E-state index is 14.7. The highest BCUT2D eigenvalue weighted by atomic mass is 19.1. The highest BCUT2D eigenvalue weighted by Crippen LogP contribution is 2.36. The predicted octanol–water partition coefficient (Wildman–Crippen LogP) is 1.66. The van der Waals surface area contributed by atoms with Crippen molar-refractivity contribution in [3.05, 3.63) is 29.1 Å². The van der Waals surface area contributed by atoms with E-state index in [0.717, 1.165) is 23.3 Å². The van der Waals surface area contributed by atoms with E-state index in [9.17, 15) is 18.8 Å². The normalized spacial score (nSPS) is 21.9. The van der Waals surface area contributed by atoms with Crippen LogP contribution in [-0.4, -0.2) is 40.9 Å². The van der Waals surface area contributed by atoms with Crippen molar-refractivity contribution < 1.29 is 18.8 Å². The molecule has 1 saturated carbocycles. The first-order valence-corrected chi connectivity index (χ1v) is 9.40. The van der Waals surface area contributed by atoms with E-state index in [1.54, 1.807) is 6.07 Å². The van der Waals surface area contributed by atoms with Gasteiger partial charge >= 0.3 is 6.03 Å². The molecule has 1 aromatic rings. The topological polar surface area (TPSA) is 90.5 Å². The summed E-state index contributed by atoms with van der Waals surface area (Å²) in [5.74, 6) is -1.38. The van der Waals surface area contributed by atoms with Gasteiger partial charge in [0.05, 0.1) is 5.69 Å². The van der Waals surface area contributed by atoms with Gasteiger partial charge < -0.3 is 16.0 Å². The van der Waals surface area contributed by atoms with Gasteiger partial charge in [0.15, 0.2) is 0 Å². The quantitative estimate of drug-likeness (QED) is 0.702. The lowest BCUT2D eigenvalue weighted by molar-refractivity contribution is -0.136. The summed E-state index contributed by atoms with van der Waals surface area (Å²) in [6, 6.07) is 1.73. The molecule has 1 unspecified atom stereocenters. The van der Waals surface area contributed by atoms with Crippen molar-refractivity contribution in [1.82, 2.24) is 15.5 Å². The molecule has 1 aromatic carbocycles. The van der Waals surface area contributed by atoms with Gasteiger partial charge in [-0.05, 0) is 49.9 Å². The number of anilines is 1. The summed E-state index contributed by atoms with van der Waals surface area (Å²) < 4.78 is 14.7. The third-order valence-electron chi connectivity index (χ3n) is 5.88. The minimum absolute atomic E-state index is 0.0788. The number of imide groups is 1. The van der Waals surface area contributed by atoms with Crippen molar-refractivity contribution in [3.63, 3.8) is 0 Å². The monoisotopic (exact) mass is 374 g/mol. The number of rotatable bonds is 3. The first-order valence-electron chi connectivity index (χ1n) is 9.40. The fourth-order valence-corrected chi connectivity index (χ4v) is 4.29. The molecule has 4 rings (SSSR count). The summed E-state index contributed by atoms with van der Waals surface area (Å²) in [6.07, 6.45) is 3.48. The molecular formula is C19H23FN4O3. The molecule has 4 amide bonds. The number of urea groups is 1. The van der Waals surface area contributed by atoms with Crippen LogP contribution in [-0.2, 0) is 22.6 Å². The number of nitrogens with zero attached hydrogens (tertiary/aromatic N) is 1. The van der Waals surface area contributed by atoms with Crippen molar-refractivity contribution in [2.24, 2.45) is 0 Å². The highest BCUT2D eigenvalue weighted by molar-refractivity contribution is 6.11. The molecule has 1 spiro atoms. The van der Waals surface area contributed by atoms with Crippen LogP contribution in [0.1, 0.15) is 43.7 Å². The molecule has 3 aliphatic rings. The lowest BCUT2D eigenvalue weighted by Gasteiger charge is -2.24. The van der Waals surface area contributed by atoms with Crippen LogP contribution >= 0.6 is 0 Å². The van der Waals surface area contributed by atoms with Crippen LogP contribution in [0.4, 0.5) is 14.9 Å². The van der Waals surface area contributed by atoms with Crippen LogP contribution < -0.4 is 16.0 Å². The summed E-state index contributed by atoms with van der Waals surface area (Å²) in [4.78, 5) is 38.7. The van der Waals surface area contributed by atoms with E-state index in [2.05, 4.69) is 16.0 Å². The van der Waals surface area contributed by atoms with E-state index in [1.807, 2.05) is 0 Å². The number of halogens is 1. The second-order valence-electron chi connectivity index (χ2n) is 7.55. The molecule has 0 radical (unpaired) electrons. The maximum atomic E-state index is 14.7. The summed E-state index contributed by atoms with van der Waals surface area (Å²) >= 11 is 0. The molecule has 8 heteroatoms. The van der Waals surface area contributed by atoms with Crippen molar-refractivity contribution in [1.29, 1.82) is 0 Å². The number of nitrogens with one attached hydrogen (secondary N) is 3. The number of hydrogen-bond donors (Lipinski definition) is 3. The van der Waals surface area contributed by atoms with Crippen LogP contribution in [0, 0.1) is 5.82 Å². The van der Waals surface area contributed by atoms with Crippen molar-refractivity contribution in [3.8, 4) is 0 Å². The molecule has 1 atom stereocenters. The Hall–Kier alpha value is -2.48. The van der Waals surface area contributed by atoms with E-state index in [1.165, 1.54) is 13.0 Å². The number of amides is 4. The van der Waals surface area contributed by atoms with E-state index in [-0.39, 0.29) is 11.6 Å². The molecule has 2 fully saturated rings. The second kappa shape index (κ2) is 6.60. The zero-order chi connectivity index (χ0) is 19.2. The van der Waals surface area contributed by atoms with Crippen LogP contribution in [0.5, 0.6) is 0 Å². The lowest BCUT2D eigenvalue weighted by Crippen LogP contribution is -2.48. The number of fused-ring (bicyclic) bond motifs is 1. The fourth-order valence-electron chi connectivity index (χ4n) is 4.29. The molecule has 0 aromatic heterocycles. The Morgan fingerprint density at radius 1 is 1.30 bits per heavy atom. The Morgan fingerprint density at radius 2 is 2.04 bits per heavy atom. The third kappa shape index (κ3) is 2.88. The van der Waals surface area contributed by atoms with Gasteiger partial charge in [0.1, 0.15) is 17.4 Å². The standard InChI is InChI=1S/C19H23FN4O3/c1-11(24-17(26)19(23-18(24)27)7-2-3-8-19)16(25)22-14-5-4-12-10-21-9-6-13(12)15(14)20/h4-5,11,21H,2-3,6-10H2,1H3,(H,22,25)(H,23,27). The van der Waals surface area contributed by atoms with E-state index < -0.39 is 29.3 Å². The van der Waals surface area contributed by atoms with Crippen molar-refractivity contribution in [2.75, 3.05) is 11.9 Å². The molecule has 1 saturated heterocycles. The molecule has 0 bridgehead atoms. The first kappa shape index (κ1) is 17.9. The fraction of sp³-hybridized carbons (Fsp3) is 0.526. The Balaban J connectivity index is 1.52. The highest BCUT2D eigenvalue weighted by Gasteiger charge is 2.54. The molecule has 27 heavy (non-hydrogen) atoms. The molecule has 1 aliphatic carbocycles. The van der Waals surface area contributed by atoms with E-state index in [0.29, 0.717) is 37.9 Å². The minimum Gasteiger partial charge on any atom is -0.323 e. The minimum atomic E-state index is -1.02. The molecular weight excluding hydrogens is 351 g/mol. The summed E-state index contributed by atoms with van der Waals surface area (Å²) in [6.45, 7) is 2.77. The van der Waals surface area contributed by atoms with Gasteiger partial charge in [-0.3, -0.25) is 9.59 Å². The smallest absolute Gasteiger partial charge is 0.323 e. The Kier molecular flexibility index (Phi) is 4.38. The van der Waals surface area contributed by atoms with Gasteiger partial charge in [-0.15, -0.1) is 0 Å². The van der Waals surface area contributed by atoms with Gasteiger partial charge in [0, 0.05) is 6.54 Å². The van der Waals surface area contributed by atoms with Crippen LogP contribution in [0.25, 0.3) is 0 Å². The molecule has 2 aliphatic heterocycles. The zero-order valence-electron chi connectivity index (χ0n) is 15.2. The molecule has 144 valence electrons. The van der Waals surface area contributed by atoms with Gasteiger partial charge in [0.25, 0.3) is 5.91 Å². The van der Waals surface area contributed by atoms with E-state index >= 15 is 0 Å². The second-order valence-corrected chi connectivity index (χ2v) is 7.55. The molecule has 3 N–H and O–H groups in total.